The molecule has 1 heterocycles. The van der Waals surface area contributed by atoms with Crippen molar-refractivity contribution >= 4 is 0 Å². The zero-order chi connectivity index (χ0) is 14.5. The summed E-state index contributed by atoms with van der Waals surface area (Å²) in [5.74, 6) is -1.33. The molecule has 1 aromatic rings. The Labute approximate surface area is 118 Å². The molecule has 1 fully saturated rings. The summed E-state index contributed by atoms with van der Waals surface area (Å²) in [6.07, 6.45) is 1.26. The van der Waals surface area contributed by atoms with Crippen molar-refractivity contribution in [3.63, 3.8) is 0 Å². The molecule has 3 nitrogen and oxygen atoms in total. The van der Waals surface area contributed by atoms with Crippen LogP contribution in [-0.4, -0.2) is 42.4 Å². The third-order valence-electron chi connectivity index (χ3n) is 3.59. The van der Waals surface area contributed by atoms with Crippen molar-refractivity contribution in [2.45, 2.75) is 32.0 Å². The predicted molar refractivity (Wildman–Crippen MR) is 72.4 cm³/mol. The molecule has 20 heavy (non-hydrogen) atoms. The van der Waals surface area contributed by atoms with Crippen LogP contribution in [0.4, 0.5) is 8.78 Å². The van der Waals surface area contributed by atoms with Crippen molar-refractivity contribution in [2.75, 3.05) is 26.2 Å². The molecule has 0 aliphatic carbocycles. The molecule has 0 radical (unpaired) electrons. The average Bonchev–Trinajstić information content (AvgIpc) is 2.39. The van der Waals surface area contributed by atoms with Crippen molar-refractivity contribution in [3.05, 3.63) is 35.4 Å². The maximum atomic E-state index is 13.6. The Hall–Kier alpha value is -1.04. The number of nitrogens with zero attached hydrogens (tertiary/aromatic N) is 1. The largest absolute Gasteiger partial charge is 0.387 e. The van der Waals surface area contributed by atoms with Gasteiger partial charge in [0.05, 0.1) is 18.8 Å². The van der Waals surface area contributed by atoms with E-state index in [0.717, 1.165) is 32.0 Å². The van der Waals surface area contributed by atoms with Gasteiger partial charge in [0.1, 0.15) is 11.6 Å². The van der Waals surface area contributed by atoms with E-state index in [4.69, 9.17) is 4.74 Å². The van der Waals surface area contributed by atoms with E-state index in [1.54, 1.807) is 0 Å². The van der Waals surface area contributed by atoms with Gasteiger partial charge in [0, 0.05) is 31.3 Å². The third kappa shape index (κ3) is 3.98. The molecular formula is C15H21F2NO2. The molecule has 0 amide bonds. The highest BCUT2D eigenvalue weighted by Gasteiger charge is 2.23. The van der Waals surface area contributed by atoms with E-state index in [1.807, 2.05) is 0 Å². The van der Waals surface area contributed by atoms with Gasteiger partial charge in [0.2, 0.25) is 0 Å². The zero-order valence-corrected chi connectivity index (χ0v) is 11.7. The van der Waals surface area contributed by atoms with Crippen LogP contribution in [0.1, 0.15) is 31.4 Å². The minimum atomic E-state index is -0.948. The molecule has 0 aromatic heterocycles. The minimum Gasteiger partial charge on any atom is -0.387 e. The van der Waals surface area contributed by atoms with Gasteiger partial charge in [-0.2, -0.15) is 0 Å². The molecule has 0 saturated carbocycles. The van der Waals surface area contributed by atoms with Crippen LogP contribution in [0.25, 0.3) is 0 Å². The first-order valence-electron chi connectivity index (χ1n) is 7.07. The molecule has 112 valence electrons. The highest BCUT2D eigenvalue weighted by Crippen LogP contribution is 2.20. The lowest BCUT2D eigenvalue weighted by Gasteiger charge is -2.34. The summed E-state index contributed by atoms with van der Waals surface area (Å²) >= 11 is 0. The lowest BCUT2D eigenvalue weighted by atomic mass is 10.1. The summed E-state index contributed by atoms with van der Waals surface area (Å²) in [5.41, 5.74) is 0.143. The number of ether oxygens (including phenoxy) is 1. The standard InChI is InChI=1S/C15H21F2NO2/c1-2-3-12-9-18(6-7-20-12)10-15(19)13-5-4-11(16)8-14(13)17/h4-5,8,12,15,19H,2-3,6-7,9-10H2,1H3. The Balaban J connectivity index is 1.95. The minimum absolute atomic E-state index is 0.143. The van der Waals surface area contributed by atoms with E-state index in [-0.39, 0.29) is 11.7 Å². The Bertz CT molecular complexity index is 440. The number of rotatable bonds is 5. The Morgan fingerprint density at radius 1 is 1.45 bits per heavy atom. The molecule has 2 rings (SSSR count). The summed E-state index contributed by atoms with van der Waals surface area (Å²) in [4.78, 5) is 2.07. The molecule has 2 unspecified atom stereocenters. The van der Waals surface area contributed by atoms with Crippen LogP contribution in [-0.2, 0) is 4.74 Å². The molecule has 1 aliphatic heterocycles. The fourth-order valence-electron chi connectivity index (χ4n) is 2.56. The van der Waals surface area contributed by atoms with Gasteiger partial charge in [-0.1, -0.05) is 19.4 Å². The van der Waals surface area contributed by atoms with E-state index in [1.165, 1.54) is 12.1 Å². The van der Waals surface area contributed by atoms with Gasteiger partial charge in [0.25, 0.3) is 0 Å². The number of morpholine rings is 1. The number of halogens is 2. The number of aliphatic hydroxyl groups excluding tert-OH is 1. The maximum absolute atomic E-state index is 13.6. The summed E-state index contributed by atoms with van der Waals surface area (Å²) in [6.45, 7) is 4.54. The Kier molecular flexibility index (Phi) is 5.46. The van der Waals surface area contributed by atoms with Gasteiger partial charge >= 0.3 is 0 Å². The number of hydrogen-bond acceptors (Lipinski definition) is 3. The van der Waals surface area contributed by atoms with Gasteiger partial charge in [-0.25, -0.2) is 8.78 Å². The van der Waals surface area contributed by atoms with Crippen LogP contribution in [0.2, 0.25) is 0 Å². The first kappa shape index (κ1) is 15.4. The van der Waals surface area contributed by atoms with Crippen LogP contribution >= 0.6 is 0 Å². The molecule has 1 aromatic carbocycles. The SMILES string of the molecule is CCCC1CN(CC(O)c2ccc(F)cc2F)CCO1. The van der Waals surface area contributed by atoms with Gasteiger partial charge in [-0.15, -0.1) is 0 Å². The lowest BCUT2D eigenvalue weighted by Crippen LogP contribution is -2.44. The van der Waals surface area contributed by atoms with Crippen LogP contribution in [0, 0.1) is 11.6 Å². The topological polar surface area (TPSA) is 32.7 Å². The van der Waals surface area contributed by atoms with Gasteiger partial charge in [0.15, 0.2) is 0 Å². The second-order valence-corrected chi connectivity index (χ2v) is 5.22. The highest BCUT2D eigenvalue weighted by atomic mass is 19.1. The number of β-amino-alcohol motifs (C(OH)–C–C–N with tert-alkyl or cyclic N) is 1. The predicted octanol–water partition coefficient (Wildman–Crippen LogP) is 2.50. The molecule has 0 spiro atoms. The van der Waals surface area contributed by atoms with E-state index in [9.17, 15) is 13.9 Å². The molecule has 1 saturated heterocycles. The van der Waals surface area contributed by atoms with Gasteiger partial charge in [-0.3, -0.25) is 4.90 Å². The van der Waals surface area contributed by atoms with Crippen molar-refractivity contribution < 1.29 is 18.6 Å². The van der Waals surface area contributed by atoms with Gasteiger partial charge in [-0.05, 0) is 12.5 Å². The molecule has 1 aliphatic rings. The van der Waals surface area contributed by atoms with Crippen molar-refractivity contribution in [1.29, 1.82) is 0 Å². The van der Waals surface area contributed by atoms with E-state index in [0.29, 0.717) is 13.2 Å². The molecule has 1 N–H and O–H groups in total. The number of benzene rings is 1. The highest BCUT2D eigenvalue weighted by molar-refractivity contribution is 5.21. The summed E-state index contributed by atoms with van der Waals surface area (Å²) in [7, 11) is 0. The Morgan fingerprint density at radius 3 is 2.95 bits per heavy atom. The van der Waals surface area contributed by atoms with E-state index >= 15 is 0 Å². The fraction of sp³-hybridized carbons (Fsp3) is 0.600. The maximum Gasteiger partial charge on any atom is 0.131 e. The normalized spacial score (nSPS) is 21.9. The number of hydrogen-bond donors (Lipinski definition) is 1. The zero-order valence-electron chi connectivity index (χ0n) is 11.7. The quantitative estimate of drug-likeness (QED) is 0.902. The summed E-state index contributed by atoms with van der Waals surface area (Å²) < 4.78 is 32.1. The molecular weight excluding hydrogens is 264 g/mol. The van der Waals surface area contributed by atoms with Crippen molar-refractivity contribution in [2.24, 2.45) is 0 Å². The van der Waals surface area contributed by atoms with Crippen LogP contribution in [0.3, 0.4) is 0 Å². The fourth-order valence-corrected chi connectivity index (χ4v) is 2.56. The third-order valence-corrected chi connectivity index (χ3v) is 3.59. The van der Waals surface area contributed by atoms with Crippen LogP contribution < -0.4 is 0 Å². The van der Waals surface area contributed by atoms with Gasteiger partial charge < -0.3 is 9.84 Å². The lowest BCUT2D eigenvalue weighted by molar-refractivity contribution is -0.0443. The second-order valence-electron chi connectivity index (χ2n) is 5.22. The smallest absolute Gasteiger partial charge is 0.131 e. The van der Waals surface area contributed by atoms with Crippen LogP contribution in [0.15, 0.2) is 18.2 Å². The second kappa shape index (κ2) is 7.11. The molecule has 5 heteroatoms. The molecule has 0 bridgehead atoms. The first-order valence-corrected chi connectivity index (χ1v) is 7.07. The monoisotopic (exact) mass is 285 g/mol. The van der Waals surface area contributed by atoms with Crippen LogP contribution in [0.5, 0.6) is 0 Å². The van der Waals surface area contributed by atoms with Crippen molar-refractivity contribution in [3.8, 4) is 0 Å². The molecule has 2 atom stereocenters. The Morgan fingerprint density at radius 2 is 2.25 bits per heavy atom. The summed E-state index contributed by atoms with van der Waals surface area (Å²) in [6, 6.07) is 3.28. The van der Waals surface area contributed by atoms with Crippen molar-refractivity contribution in [1.82, 2.24) is 4.90 Å². The summed E-state index contributed by atoms with van der Waals surface area (Å²) in [5, 5.41) is 10.1. The first-order chi connectivity index (χ1) is 9.60. The van der Waals surface area contributed by atoms with E-state index in [2.05, 4.69) is 11.8 Å². The van der Waals surface area contributed by atoms with E-state index < -0.39 is 17.7 Å². The number of aliphatic hydroxyl groups is 1. The average molecular weight is 285 g/mol.